The summed E-state index contributed by atoms with van der Waals surface area (Å²) >= 11 is 6.80. The van der Waals surface area contributed by atoms with E-state index in [1.807, 2.05) is 25.1 Å². The molecule has 12 heteroatoms. The molecule has 4 aliphatic rings. The standard InChI is InChI=1S/C32H38ClF2N7O2/c1-41(2)16-31(9-10-31)18-44-30-38-27-22-14-36-28(26(27)34)25-20(23(33)13-24-21(25)15-37-40-24)7-3-6-12-43-19-32(35)8-4-5-11-42(17-32)29(22)39-30/h13-15H,3-12,16-19H2,1-2H3,(H,37,40)/t32-/m1/s1. The lowest BCUT2D eigenvalue weighted by atomic mass is 9.95. The lowest BCUT2D eigenvalue weighted by molar-refractivity contribution is 0.0142. The van der Waals surface area contributed by atoms with E-state index in [1.54, 1.807) is 12.4 Å². The SMILES string of the molecule is CN(C)CC1(COc2nc3c4cnc(c(F)c4n2)-c2c(c(Cl)cc4[nH]ncc24)CCCCOC[C@@]2(F)CCCCN3C2)CC1. The first-order chi connectivity index (χ1) is 21.2. The number of pyridine rings is 1. The van der Waals surface area contributed by atoms with E-state index in [1.165, 1.54) is 0 Å². The number of alkyl halides is 1. The van der Waals surface area contributed by atoms with Crippen molar-refractivity contribution in [3.8, 4) is 17.3 Å². The largest absolute Gasteiger partial charge is 0.463 e. The summed E-state index contributed by atoms with van der Waals surface area (Å²) in [5.41, 5.74) is 0.757. The van der Waals surface area contributed by atoms with Gasteiger partial charge in [0.25, 0.3) is 0 Å². The van der Waals surface area contributed by atoms with Gasteiger partial charge < -0.3 is 19.3 Å². The highest BCUT2D eigenvalue weighted by atomic mass is 35.5. The van der Waals surface area contributed by atoms with Crippen LogP contribution in [0.3, 0.4) is 0 Å². The lowest BCUT2D eigenvalue weighted by Crippen LogP contribution is -2.42. The van der Waals surface area contributed by atoms with Gasteiger partial charge in [0, 0.05) is 47.3 Å². The average molecular weight is 626 g/mol. The van der Waals surface area contributed by atoms with Crippen molar-refractivity contribution in [3.05, 3.63) is 34.9 Å². The molecule has 9 nitrogen and oxygen atoms in total. The third kappa shape index (κ3) is 5.70. The molecule has 6 heterocycles. The van der Waals surface area contributed by atoms with Gasteiger partial charge in [-0.15, -0.1) is 0 Å². The second-order valence-corrected chi connectivity index (χ2v) is 13.5. The number of nitrogens with one attached hydrogen (secondary N) is 1. The van der Waals surface area contributed by atoms with Crippen LogP contribution in [-0.2, 0) is 11.2 Å². The molecular weight excluding hydrogens is 588 g/mol. The predicted molar refractivity (Wildman–Crippen MR) is 167 cm³/mol. The maximum atomic E-state index is 16.9. The van der Waals surface area contributed by atoms with Gasteiger partial charge in [0.2, 0.25) is 0 Å². The van der Waals surface area contributed by atoms with E-state index in [0.717, 1.165) is 49.6 Å². The molecule has 1 saturated carbocycles. The van der Waals surface area contributed by atoms with E-state index in [4.69, 9.17) is 26.1 Å². The first kappa shape index (κ1) is 29.6. The Morgan fingerprint density at radius 3 is 2.80 bits per heavy atom. The molecule has 3 aliphatic heterocycles. The molecule has 0 amide bonds. The Balaban J connectivity index is 1.41. The summed E-state index contributed by atoms with van der Waals surface area (Å²) in [7, 11) is 4.09. The molecule has 0 unspecified atom stereocenters. The van der Waals surface area contributed by atoms with E-state index in [9.17, 15) is 0 Å². The number of ether oxygens (including phenoxy) is 2. The van der Waals surface area contributed by atoms with Crippen molar-refractivity contribution in [2.45, 2.75) is 57.0 Å². The first-order valence-electron chi connectivity index (χ1n) is 15.5. The van der Waals surface area contributed by atoms with Crippen LogP contribution >= 0.6 is 11.6 Å². The number of nitrogens with zero attached hydrogens (tertiary/aromatic N) is 6. The number of aromatic nitrogens is 5. The minimum atomic E-state index is -1.57. The van der Waals surface area contributed by atoms with Crippen molar-refractivity contribution < 1.29 is 18.3 Å². The van der Waals surface area contributed by atoms with E-state index >= 15 is 8.78 Å². The number of fused-ring (bicyclic) bond motifs is 7. The molecule has 44 heavy (non-hydrogen) atoms. The summed E-state index contributed by atoms with van der Waals surface area (Å²) < 4.78 is 45.4. The lowest BCUT2D eigenvalue weighted by Gasteiger charge is -2.31. The smallest absolute Gasteiger partial charge is 0.319 e. The van der Waals surface area contributed by atoms with Crippen molar-refractivity contribution in [1.82, 2.24) is 30.0 Å². The molecular formula is C32H38ClF2N7O2. The van der Waals surface area contributed by atoms with Crippen LogP contribution in [0.2, 0.25) is 5.02 Å². The summed E-state index contributed by atoms with van der Waals surface area (Å²) in [6.45, 7) is 2.37. The van der Waals surface area contributed by atoms with Crippen molar-refractivity contribution >= 4 is 39.2 Å². The van der Waals surface area contributed by atoms with Crippen molar-refractivity contribution in [1.29, 1.82) is 0 Å². The first-order valence-corrected chi connectivity index (χ1v) is 15.9. The zero-order valence-corrected chi connectivity index (χ0v) is 26.0. The molecule has 1 aromatic carbocycles. The number of hydrogen-bond donors (Lipinski definition) is 1. The van der Waals surface area contributed by atoms with Crippen molar-refractivity contribution in [2.24, 2.45) is 5.41 Å². The van der Waals surface area contributed by atoms with Gasteiger partial charge in [0.1, 0.15) is 17.0 Å². The molecule has 2 fully saturated rings. The summed E-state index contributed by atoms with van der Waals surface area (Å²) in [5.74, 6) is -0.163. The quantitative estimate of drug-likeness (QED) is 0.283. The average Bonchev–Trinajstić information content (AvgIpc) is 3.64. The monoisotopic (exact) mass is 625 g/mol. The second kappa shape index (κ2) is 11.7. The van der Waals surface area contributed by atoms with Crippen LogP contribution in [0, 0.1) is 11.2 Å². The van der Waals surface area contributed by atoms with Gasteiger partial charge in [-0.25, -0.2) is 8.78 Å². The van der Waals surface area contributed by atoms with Crippen LogP contribution in [0.4, 0.5) is 14.6 Å². The Kier molecular flexibility index (Phi) is 7.83. The number of aromatic amines is 1. The van der Waals surface area contributed by atoms with Crippen LogP contribution in [0.25, 0.3) is 33.1 Å². The van der Waals surface area contributed by atoms with E-state index in [2.05, 4.69) is 25.1 Å². The van der Waals surface area contributed by atoms with Gasteiger partial charge in [0.15, 0.2) is 11.5 Å². The Morgan fingerprint density at radius 2 is 1.98 bits per heavy atom. The molecule has 1 N–H and O–H groups in total. The van der Waals surface area contributed by atoms with Crippen LogP contribution in [-0.4, -0.2) is 89.3 Å². The predicted octanol–water partition coefficient (Wildman–Crippen LogP) is 6.13. The minimum absolute atomic E-state index is 0.00727. The normalized spacial score (nSPS) is 22.1. The summed E-state index contributed by atoms with van der Waals surface area (Å²) in [4.78, 5) is 18.1. The molecule has 0 spiro atoms. The third-order valence-corrected chi connectivity index (χ3v) is 9.54. The third-order valence-electron chi connectivity index (χ3n) is 9.20. The van der Waals surface area contributed by atoms with E-state index in [0.29, 0.717) is 66.3 Å². The van der Waals surface area contributed by atoms with Crippen LogP contribution in [0.5, 0.6) is 6.01 Å². The van der Waals surface area contributed by atoms with Gasteiger partial charge in [-0.05, 0) is 77.1 Å². The van der Waals surface area contributed by atoms with Gasteiger partial charge in [-0.1, -0.05) is 11.6 Å². The molecule has 6 bridgehead atoms. The highest BCUT2D eigenvalue weighted by Crippen LogP contribution is 2.46. The highest BCUT2D eigenvalue weighted by Gasteiger charge is 2.44. The zero-order valence-electron chi connectivity index (χ0n) is 25.3. The van der Waals surface area contributed by atoms with Crippen LogP contribution < -0.4 is 9.64 Å². The Bertz CT molecular complexity index is 1690. The summed E-state index contributed by atoms with van der Waals surface area (Å²) in [6, 6.07) is 1.90. The molecule has 4 aromatic rings. The van der Waals surface area contributed by atoms with Gasteiger partial charge in [0.05, 0.1) is 36.9 Å². The van der Waals surface area contributed by atoms with Crippen molar-refractivity contribution in [2.75, 3.05) is 58.5 Å². The Labute approximate surface area is 260 Å². The number of anilines is 1. The van der Waals surface area contributed by atoms with Crippen LogP contribution in [0.1, 0.15) is 50.5 Å². The minimum Gasteiger partial charge on any atom is -0.463 e. The fraction of sp³-hybridized carbons (Fsp3) is 0.562. The number of hydrogen-bond acceptors (Lipinski definition) is 8. The molecule has 1 saturated heterocycles. The van der Waals surface area contributed by atoms with Gasteiger partial charge >= 0.3 is 6.01 Å². The fourth-order valence-corrected chi connectivity index (χ4v) is 7.13. The molecule has 0 radical (unpaired) electrons. The number of halogens is 3. The maximum Gasteiger partial charge on any atom is 0.319 e. The highest BCUT2D eigenvalue weighted by molar-refractivity contribution is 6.33. The number of H-pyrrole nitrogens is 1. The molecule has 3 aromatic heterocycles. The Morgan fingerprint density at radius 1 is 1.11 bits per heavy atom. The summed E-state index contributed by atoms with van der Waals surface area (Å²) in [5, 5.41) is 8.82. The van der Waals surface area contributed by atoms with Crippen molar-refractivity contribution in [3.63, 3.8) is 0 Å². The molecule has 1 atom stereocenters. The molecule has 1 aliphatic carbocycles. The van der Waals surface area contributed by atoms with Gasteiger partial charge in [-0.3, -0.25) is 10.1 Å². The second-order valence-electron chi connectivity index (χ2n) is 13.1. The summed E-state index contributed by atoms with van der Waals surface area (Å²) in [6.07, 6.45) is 9.28. The van der Waals surface area contributed by atoms with Gasteiger partial charge in [-0.2, -0.15) is 15.1 Å². The fourth-order valence-electron chi connectivity index (χ4n) is 6.84. The number of benzene rings is 1. The van der Waals surface area contributed by atoms with E-state index in [-0.39, 0.29) is 35.8 Å². The topological polar surface area (TPSA) is 92.3 Å². The maximum absolute atomic E-state index is 16.9. The molecule has 234 valence electrons. The van der Waals surface area contributed by atoms with Crippen LogP contribution in [0.15, 0.2) is 18.5 Å². The van der Waals surface area contributed by atoms with E-state index < -0.39 is 11.5 Å². The number of rotatable bonds is 5. The molecule has 8 rings (SSSR count). The zero-order chi connectivity index (χ0) is 30.5. The Hall–Kier alpha value is -3.15.